The molecule has 2 rings (SSSR count). The zero-order valence-electron chi connectivity index (χ0n) is 19.4. The molecule has 0 aliphatic carbocycles. The fourth-order valence-electron chi connectivity index (χ4n) is 3.00. The van der Waals surface area contributed by atoms with Gasteiger partial charge in [0.05, 0.1) is 19.8 Å². The minimum Gasteiger partial charge on any atom is -0.492 e. The Labute approximate surface area is 190 Å². The van der Waals surface area contributed by atoms with Gasteiger partial charge in [-0.3, -0.25) is 9.79 Å². The molecular formula is C24H34N4O4. The number of ether oxygens (including phenoxy) is 3. The largest absolute Gasteiger partial charge is 0.492 e. The van der Waals surface area contributed by atoms with Gasteiger partial charge in [-0.1, -0.05) is 12.1 Å². The van der Waals surface area contributed by atoms with E-state index < -0.39 is 0 Å². The summed E-state index contributed by atoms with van der Waals surface area (Å²) in [6.45, 7) is 8.36. The van der Waals surface area contributed by atoms with Crippen LogP contribution in [0.25, 0.3) is 0 Å². The lowest BCUT2D eigenvalue weighted by Crippen LogP contribution is -2.40. The summed E-state index contributed by atoms with van der Waals surface area (Å²) in [6, 6.07) is 13.3. The fraction of sp³-hybridized carbons (Fsp3) is 0.417. The smallest absolute Gasteiger partial charge is 0.221 e. The van der Waals surface area contributed by atoms with Gasteiger partial charge in [0, 0.05) is 32.3 Å². The number of guanidine groups is 1. The molecule has 8 heteroatoms. The van der Waals surface area contributed by atoms with Gasteiger partial charge >= 0.3 is 0 Å². The molecule has 0 radical (unpaired) electrons. The zero-order chi connectivity index (χ0) is 23.2. The minimum atomic E-state index is -0.113. The molecule has 0 heterocycles. The maximum atomic E-state index is 11.2. The van der Waals surface area contributed by atoms with Crippen molar-refractivity contribution in [2.45, 2.75) is 27.2 Å². The predicted molar refractivity (Wildman–Crippen MR) is 128 cm³/mol. The van der Waals surface area contributed by atoms with Crippen LogP contribution in [0.4, 0.5) is 5.69 Å². The second-order valence-electron chi connectivity index (χ2n) is 6.88. The van der Waals surface area contributed by atoms with E-state index in [1.54, 1.807) is 13.1 Å². The molecule has 0 saturated heterocycles. The van der Waals surface area contributed by atoms with E-state index in [1.165, 1.54) is 6.92 Å². The highest BCUT2D eigenvalue weighted by molar-refractivity contribution is 5.88. The number of carbonyl (C=O) groups excluding carboxylic acids is 1. The van der Waals surface area contributed by atoms with Gasteiger partial charge in [-0.2, -0.15) is 0 Å². The maximum Gasteiger partial charge on any atom is 0.221 e. The van der Waals surface area contributed by atoms with Crippen molar-refractivity contribution in [2.75, 3.05) is 45.3 Å². The van der Waals surface area contributed by atoms with Crippen molar-refractivity contribution in [3.8, 4) is 17.2 Å². The number of aliphatic imine (C=N–C) groups is 1. The number of hydrogen-bond donors (Lipinski definition) is 3. The van der Waals surface area contributed by atoms with E-state index in [0.717, 1.165) is 30.0 Å². The molecule has 3 N–H and O–H groups in total. The number of anilines is 1. The quantitative estimate of drug-likeness (QED) is 0.266. The highest BCUT2D eigenvalue weighted by atomic mass is 16.5. The summed E-state index contributed by atoms with van der Waals surface area (Å²) in [5.74, 6) is 2.83. The number of hydrogen-bond acceptors (Lipinski definition) is 5. The van der Waals surface area contributed by atoms with Gasteiger partial charge < -0.3 is 30.2 Å². The molecule has 0 aliphatic rings. The molecule has 0 bridgehead atoms. The van der Waals surface area contributed by atoms with Gasteiger partial charge in [0.15, 0.2) is 17.5 Å². The van der Waals surface area contributed by atoms with Crippen LogP contribution in [0.5, 0.6) is 17.2 Å². The van der Waals surface area contributed by atoms with Gasteiger partial charge in [-0.05, 0) is 50.1 Å². The second kappa shape index (κ2) is 13.8. The summed E-state index contributed by atoms with van der Waals surface area (Å²) in [5.41, 5.74) is 1.87. The van der Waals surface area contributed by atoms with Crippen molar-refractivity contribution in [1.82, 2.24) is 10.6 Å². The highest BCUT2D eigenvalue weighted by Crippen LogP contribution is 2.28. The zero-order valence-corrected chi connectivity index (χ0v) is 19.4. The molecule has 0 saturated carbocycles. The van der Waals surface area contributed by atoms with E-state index in [9.17, 15) is 4.79 Å². The van der Waals surface area contributed by atoms with Crippen molar-refractivity contribution in [3.05, 3.63) is 48.0 Å². The van der Waals surface area contributed by atoms with Crippen molar-refractivity contribution in [2.24, 2.45) is 4.99 Å². The first-order valence-electron chi connectivity index (χ1n) is 10.9. The SMILES string of the molecule is CCOc1ccc(CCNC(=NC)NCCOc2cccc(NC(C)=O)c2)cc1OCC. The summed E-state index contributed by atoms with van der Waals surface area (Å²) in [5, 5.41) is 9.27. The van der Waals surface area contributed by atoms with Crippen LogP contribution >= 0.6 is 0 Å². The van der Waals surface area contributed by atoms with E-state index >= 15 is 0 Å². The average molecular weight is 443 g/mol. The average Bonchev–Trinajstić information content (AvgIpc) is 2.77. The Morgan fingerprint density at radius 2 is 1.69 bits per heavy atom. The molecule has 0 aromatic heterocycles. The Morgan fingerprint density at radius 1 is 0.938 bits per heavy atom. The number of benzene rings is 2. The van der Waals surface area contributed by atoms with Crippen LogP contribution in [-0.2, 0) is 11.2 Å². The Morgan fingerprint density at radius 3 is 2.41 bits per heavy atom. The van der Waals surface area contributed by atoms with E-state index in [2.05, 4.69) is 20.9 Å². The molecule has 1 amide bonds. The maximum absolute atomic E-state index is 11.2. The van der Waals surface area contributed by atoms with Gasteiger partial charge in [-0.25, -0.2) is 0 Å². The second-order valence-corrected chi connectivity index (χ2v) is 6.88. The Balaban J connectivity index is 1.74. The Kier molecular flexibility index (Phi) is 10.7. The molecule has 2 aromatic rings. The molecule has 8 nitrogen and oxygen atoms in total. The third kappa shape index (κ3) is 8.75. The van der Waals surface area contributed by atoms with E-state index in [4.69, 9.17) is 14.2 Å². The van der Waals surface area contributed by atoms with Crippen LogP contribution in [0.15, 0.2) is 47.5 Å². The number of nitrogens with one attached hydrogen (secondary N) is 3. The van der Waals surface area contributed by atoms with Crippen molar-refractivity contribution >= 4 is 17.6 Å². The molecule has 0 atom stereocenters. The molecule has 0 aliphatic heterocycles. The lowest BCUT2D eigenvalue weighted by atomic mass is 10.1. The van der Waals surface area contributed by atoms with Gasteiger partial charge in [-0.15, -0.1) is 0 Å². The fourth-order valence-corrected chi connectivity index (χ4v) is 3.00. The summed E-state index contributed by atoms with van der Waals surface area (Å²) in [7, 11) is 1.73. The first kappa shape index (κ1) is 24.8. The van der Waals surface area contributed by atoms with Gasteiger partial charge in [0.25, 0.3) is 0 Å². The highest BCUT2D eigenvalue weighted by Gasteiger charge is 2.07. The number of carbonyl (C=O) groups is 1. The number of rotatable bonds is 12. The monoisotopic (exact) mass is 442 g/mol. The standard InChI is InChI=1S/C24H34N4O4/c1-5-30-22-11-10-19(16-23(22)31-6-2)12-13-26-24(25-4)27-14-15-32-21-9-7-8-20(17-21)28-18(3)29/h7-11,16-17H,5-6,12-15H2,1-4H3,(H,28,29)(H2,25,26,27). The van der Waals surface area contributed by atoms with Crippen LogP contribution in [0, 0.1) is 0 Å². The lowest BCUT2D eigenvalue weighted by molar-refractivity contribution is -0.114. The van der Waals surface area contributed by atoms with Gasteiger partial charge in [0.1, 0.15) is 12.4 Å². The van der Waals surface area contributed by atoms with Crippen LogP contribution in [-0.4, -0.2) is 51.8 Å². The molecule has 174 valence electrons. The summed E-state index contributed by atoms with van der Waals surface area (Å²) < 4.78 is 17.0. The van der Waals surface area contributed by atoms with E-state index in [-0.39, 0.29) is 5.91 Å². The first-order chi connectivity index (χ1) is 15.5. The predicted octanol–water partition coefficient (Wildman–Crippen LogP) is 3.23. The molecule has 32 heavy (non-hydrogen) atoms. The van der Waals surface area contributed by atoms with Crippen LogP contribution in [0.3, 0.4) is 0 Å². The van der Waals surface area contributed by atoms with Crippen molar-refractivity contribution in [1.29, 1.82) is 0 Å². The number of amides is 1. The minimum absolute atomic E-state index is 0.113. The summed E-state index contributed by atoms with van der Waals surface area (Å²) in [6.07, 6.45) is 0.819. The van der Waals surface area contributed by atoms with Crippen LogP contribution in [0.1, 0.15) is 26.3 Å². The lowest BCUT2D eigenvalue weighted by Gasteiger charge is -2.14. The topological polar surface area (TPSA) is 93.2 Å². The number of nitrogens with zero attached hydrogens (tertiary/aromatic N) is 1. The normalized spacial score (nSPS) is 10.9. The third-order valence-electron chi connectivity index (χ3n) is 4.36. The molecule has 0 unspecified atom stereocenters. The molecule has 2 aromatic carbocycles. The first-order valence-corrected chi connectivity index (χ1v) is 10.9. The Bertz CT molecular complexity index is 886. The Hall–Kier alpha value is -3.42. The van der Waals surface area contributed by atoms with Crippen molar-refractivity contribution in [3.63, 3.8) is 0 Å². The van der Waals surface area contributed by atoms with E-state index in [0.29, 0.717) is 43.8 Å². The van der Waals surface area contributed by atoms with E-state index in [1.807, 2.05) is 50.2 Å². The van der Waals surface area contributed by atoms with Crippen LogP contribution < -0.4 is 30.2 Å². The summed E-state index contributed by atoms with van der Waals surface area (Å²) >= 11 is 0. The molecular weight excluding hydrogens is 408 g/mol. The van der Waals surface area contributed by atoms with Crippen molar-refractivity contribution < 1.29 is 19.0 Å². The van der Waals surface area contributed by atoms with Crippen LogP contribution in [0.2, 0.25) is 0 Å². The van der Waals surface area contributed by atoms with Gasteiger partial charge in [0.2, 0.25) is 5.91 Å². The molecule has 0 spiro atoms. The molecule has 0 fully saturated rings. The third-order valence-corrected chi connectivity index (χ3v) is 4.36. The summed E-state index contributed by atoms with van der Waals surface area (Å²) in [4.78, 5) is 15.4.